The molecular formula is C27H26FN7O. The SMILES string of the molecule is CC(C)(C)C(=O)N1CCN(c2ncnc3c2c(-c2ccccc2F)cn3-c2cc(C#N)ccn2)CC1. The highest BCUT2D eigenvalue weighted by Crippen LogP contribution is 2.38. The molecule has 36 heavy (non-hydrogen) atoms. The number of anilines is 1. The first-order valence-corrected chi connectivity index (χ1v) is 11.8. The van der Waals surface area contributed by atoms with Crippen LogP contribution in [0.4, 0.5) is 10.2 Å². The third-order valence-corrected chi connectivity index (χ3v) is 6.36. The van der Waals surface area contributed by atoms with E-state index < -0.39 is 5.41 Å². The number of carbonyl (C=O) groups is 1. The Labute approximate surface area is 208 Å². The first-order valence-electron chi connectivity index (χ1n) is 11.8. The van der Waals surface area contributed by atoms with Crippen LogP contribution in [0.3, 0.4) is 0 Å². The van der Waals surface area contributed by atoms with Gasteiger partial charge in [0, 0.05) is 55.1 Å². The van der Waals surface area contributed by atoms with Crippen molar-refractivity contribution >= 4 is 22.8 Å². The lowest BCUT2D eigenvalue weighted by Gasteiger charge is -2.38. The molecule has 0 unspecified atom stereocenters. The molecule has 5 rings (SSSR count). The molecule has 4 aromatic rings. The van der Waals surface area contributed by atoms with Gasteiger partial charge in [-0.1, -0.05) is 39.0 Å². The van der Waals surface area contributed by atoms with E-state index in [9.17, 15) is 14.4 Å². The topological polar surface area (TPSA) is 90.9 Å². The summed E-state index contributed by atoms with van der Waals surface area (Å²) in [5.74, 6) is 0.950. The number of hydrogen-bond acceptors (Lipinski definition) is 6. The normalized spacial score (nSPS) is 14.2. The Hall–Kier alpha value is -4.32. The number of piperazine rings is 1. The Morgan fingerprint density at radius 2 is 1.78 bits per heavy atom. The third-order valence-electron chi connectivity index (χ3n) is 6.36. The Kier molecular flexibility index (Phi) is 5.88. The number of nitrogens with zero attached hydrogens (tertiary/aromatic N) is 7. The maximum atomic E-state index is 15.0. The molecule has 0 saturated carbocycles. The fraction of sp³-hybridized carbons (Fsp3) is 0.296. The Bertz CT molecular complexity index is 1490. The molecular weight excluding hydrogens is 457 g/mol. The van der Waals surface area contributed by atoms with Crippen LogP contribution in [0, 0.1) is 22.6 Å². The quantitative estimate of drug-likeness (QED) is 0.434. The zero-order valence-electron chi connectivity index (χ0n) is 20.4. The van der Waals surface area contributed by atoms with Crippen molar-refractivity contribution in [3.8, 4) is 23.0 Å². The largest absolute Gasteiger partial charge is 0.352 e. The zero-order chi connectivity index (χ0) is 25.4. The summed E-state index contributed by atoms with van der Waals surface area (Å²) < 4.78 is 16.8. The standard InChI is InChI=1S/C27H26FN7O/c1-27(2,3)26(36)34-12-10-33(11-13-34)24-23-20(19-6-4-5-7-21(19)28)16-35(25(23)32-17-31-24)22-14-18(15-29)8-9-30-22/h4-9,14,16-17H,10-13H2,1-3H3. The number of pyridine rings is 1. The Morgan fingerprint density at radius 3 is 2.47 bits per heavy atom. The van der Waals surface area contributed by atoms with Crippen LogP contribution in [0.25, 0.3) is 28.0 Å². The molecule has 4 heterocycles. The maximum absolute atomic E-state index is 15.0. The van der Waals surface area contributed by atoms with Crippen LogP contribution in [0.2, 0.25) is 0 Å². The van der Waals surface area contributed by atoms with Crippen molar-refractivity contribution in [2.45, 2.75) is 20.8 Å². The average Bonchev–Trinajstić information content (AvgIpc) is 3.28. The van der Waals surface area contributed by atoms with Crippen LogP contribution >= 0.6 is 0 Å². The molecule has 1 saturated heterocycles. The van der Waals surface area contributed by atoms with E-state index in [0.717, 1.165) is 0 Å². The second-order valence-corrected chi connectivity index (χ2v) is 9.83. The van der Waals surface area contributed by atoms with Crippen LogP contribution in [0.15, 0.2) is 55.1 Å². The van der Waals surface area contributed by atoms with Gasteiger partial charge in [0.1, 0.15) is 23.8 Å². The summed E-state index contributed by atoms with van der Waals surface area (Å²) in [7, 11) is 0. The molecule has 0 N–H and O–H groups in total. The molecule has 3 aromatic heterocycles. The van der Waals surface area contributed by atoms with E-state index in [1.807, 2.05) is 25.7 Å². The average molecular weight is 484 g/mol. The summed E-state index contributed by atoms with van der Waals surface area (Å²) >= 11 is 0. The van der Waals surface area contributed by atoms with Crippen molar-refractivity contribution in [2.75, 3.05) is 31.1 Å². The van der Waals surface area contributed by atoms with E-state index in [0.29, 0.717) is 65.5 Å². The number of amides is 1. The molecule has 0 bridgehead atoms. The Morgan fingerprint density at radius 1 is 1.03 bits per heavy atom. The van der Waals surface area contributed by atoms with Crippen LogP contribution in [0.1, 0.15) is 26.3 Å². The number of fused-ring (bicyclic) bond motifs is 1. The molecule has 1 aliphatic heterocycles. The van der Waals surface area contributed by atoms with Gasteiger partial charge < -0.3 is 9.80 Å². The lowest BCUT2D eigenvalue weighted by Crippen LogP contribution is -2.51. The van der Waals surface area contributed by atoms with E-state index in [1.54, 1.807) is 47.3 Å². The van der Waals surface area contributed by atoms with Crippen LogP contribution < -0.4 is 4.90 Å². The number of aromatic nitrogens is 4. The summed E-state index contributed by atoms with van der Waals surface area (Å²) in [5, 5.41) is 10.1. The van der Waals surface area contributed by atoms with Gasteiger partial charge in [-0.05, 0) is 18.2 Å². The van der Waals surface area contributed by atoms with Gasteiger partial charge in [-0.2, -0.15) is 5.26 Å². The highest BCUT2D eigenvalue weighted by molar-refractivity contribution is 6.02. The molecule has 1 aromatic carbocycles. The van der Waals surface area contributed by atoms with Gasteiger partial charge in [-0.3, -0.25) is 9.36 Å². The first-order chi connectivity index (χ1) is 17.3. The molecule has 0 spiro atoms. The number of benzene rings is 1. The highest BCUT2D eigenvalue weighted by Gasteiger charge is 2.31. The second kappa shape index (κ2) is 9.04. The smallest absolute Gasteiger partial charge is 0.228 e. The minimum absolute atomic E-state index is 0.122. The molecule has 182 valence electrons. The zero-order valence-corrected chi connectivity index (χ0v) is 20.4. The van der Waals surface area contributed by atoms with E-state index in [2.05, 4.69) is 25.9 Å². The number of halogens is 1. The van der Waals surface area contributed by atoms with Crippen LogP contribution in [-0.4, -0.2) is 56.5 Å². The monoisotopic (exact) mass is 483 g/mol. The Balaban J connectivity index is 1.63. The first kappa shape index (κ1) is 23.4. The van der Waals surface area contributed by atoms with Crippen molar-refractivity contribution in [3.05, 3.63) is 66.5 Å². The summed E-state index contributed by atoms with van der Waals surface area (Å²) in [6.07, 6.45) is 4.85. The van der Waals surface area contributed by atoms with Gasteiger partial charge in [0.25, 0.3) is 0 Å². The molecule has 0 radical (unpaired) electrons. The van der Waals surface area contributed by atoms with Crippen molar-refractivity contribution in [1.29, 1.82) is 5.26 Å². The van der Waals surface area contributed by atoms with Gasteiger partial charge in [0.2, 0.25) is 5.91 Å². The van der Waals surface area contributed by atoms with Crippen molar-refractivity contribution in [2.24, 2.45) is 5.41 Å². The minimum Gasteiger partial charge on any atom is -0.352 e. The van der Waals surface area contributed by atoms with Crippen molar-refractivity contribution in [3.63, 3.8) is 0 Å². The number of hydrogen-bond donors (Lipinski definition) is 0. The maximum Gasteiger partial charge on any atom is 0.228 e. The molecule has 9 heteroatoms. The molecule has 8 nitrogen and oxygen atoms in total. The lowest BCUT2D eigenvalue weighted by atomic mass is 9.94. The molecule has 0 aliphatic carbocycles. The van der Waals surface area contributed by atoms with Gasteiger partial charge in [-0.25, -0.2) is 19.3 Å². The molecule has 1 amide bonds. The van der Waals surface area contributed by atoms with Gasteiger partial charge >= 0.3 is 0 Å². The van der Waals surface area contributed by atoms with Gasteiger partial charge in [-0.15, -0.1) is 0 Å². The predicted octanol–water partition coefficient (Wildman–Crippen LogP) is 4.19. The lowest BCUT2D eigenvalue weighted by molar-refractivity contribution is -0.139. The summed E-state index contributed by atoms with van der Waals surface area (Å²) in [5.41, 5.74) is 1.65. The van der Waals surface area contributed by atoms with E-state index in [1.165, 1.54) is 12.4 Å². The number of nitriles is 1. The summed E-state index contributed by atoms with van der Waals surface area (Å²) in [6, 6.07) is 12.0. The fourth-order valence-corrected chi connectivity index (χ4v) is 4.56. The molecule has 0 atom stereocenters. The second-order valence-electron chi connectivity index (χ2n) is 9.83. The van der Waals surface area contributed by atoms with Crippen molar-refractivity contribution in [1.82, 2.24) is 24.4 Å². The van der Waals surface area contributed by atoms with Crippen LogP contribution in [-0.2, 0) is 4.79 Å². The number of carbonyl (C=O) groups excluding carboxylic acids is 1. The number of rotatable bonds is 3. The van der Waals surface area contributed by atoms with E-state index >= 15 is 0 Å². The van der Waals surface area contributed by atoms with E-state index in [4.69, 9.17) is 0 Å². The molecule has 1 aliphatic rings. The van der Waals surface area contributed by atoms with E-state index in [-0.39, 0.29) is 11.7 Å². The molecule has 1 fully saturated rings. The fourth-order valence-electron chi connectivity index (χ4n) is 4.56. The van der Waals surface area contributed by atoms with Gasteiger partial charge in [0.05, 0.1) is 17.0 Å². The summed E-state index contributed by atoms with van der Waals surface area (Å²) in [6.45, 7) is 8.11. The highest BCUT2D eigenvalue weighted by atomic mass is 19.1. The third kappa shape index (κ3) is 4.15. The predicted molar refractivity (Wildman–Crippen MR) is 135 cm³/mol. The van der Waals surface area contributed by atoms with Crippen molar-refractivity contribution < 1.29 is 9.18 Å². The minimum atomic E-state index is -0.440. The summed E-state index contributed by atoms with van der Waals surface area (Å²) in [4.78, 5) is 30.3. The van der Waals surface area contributed by atoms with Gasteiger partial charge in [0.15, 0.2) is 5.65 Å². The van der Waals surface area contributed by atoms with Crippen LogP contribution in [0.5, 0.6) is 0 Å².